The molecule has 1 nitrogen and oxygen atoms in total. The molecule has 0 aliphatic heterocycles. The maximum absolute atomic E-state index is 12.2. The SMILES string of the molecule is [C-]#[N+]CC(F)(F)CCC. The lowest BCUT2D eigenvalue weighted by Gasteiger charge is -2.06. The Kier molecular flexibility index (Phi) is 3.15. The molecule has 0 aromatic heterocycles. The molecule has 0 saturated carbocycles. The molecule has 0 heterocycles. The van der Waals surface area contributed by atoms with Crippen molar-refractivity contribution in [3.63, 3.8) is 0 Å². The van der Waals surface area contributed by atoms with E-state index in [1.807, 2.05) is 0 Å². The van der Waals surface area contributed by atoms with E-state index in [1.54, 1.807) is 6.92 Å². The standard InChI is InChI=1S/C6H9F2N/c1-3-4-6(7,8)5-9-2/h3-5H2,1H3. The molecule has 0 aromatic carbocycles. The average Bonchev–Trinajstić information content (AvgIpc) is 1.64. The van der Waals surface area contributed by atoms with Gasteiger partial charge < -0.3 is 4.85 Å². The van der Waals surface area contributed by atoms with Crippen LogP contribution in [0.5, 0.6) is 0 Å². The first kappa shape index (κ1) is 8.35. The van der Waals surface area contributed by atoms with Crippen molar-refractivity contribution >= 4 is 0 Å². The molecule has 9 heavy (non-hydrogen) atoms. The Morgan fingerprint density at radius 1 is 1.56 bits per heavy atom. The molecular weight excluding hydrogens is 124 g/mol. The van der Waals surface area contributed by atoms with Gasteiger partial charge in [0.1, 0.15) is 0 Å². The van der Waals surface area contributed by atoms with Crippen LogP contribution in [0.3, 0.4) is 0 Å². The van der Waals surface area contributed by atoms with Crippen molar-refractivity contribution in [1.82, 2.24) is 0 Å². The summed E-state index contributed by atoms with van der Waals surface area (Å²) in [6, 6.07) is 0. The van der Waals surface area contributed by atoms with Crippen molar-refractivity contribution in [2.75, 3.05) is 6.54 Å². The van der Waals surface area contributed by atoms with E-state index in [-0.39, 0.29) is 6.42 Å². The minimum atomic E-state index is -2.75. The van der Waals surface area contributed by atoms with Gasteiger partial charge in [0.25, 0.3) is 6.54 Å². The van der Waals surface area contributed by atoms with Crippen molar-refractivity contribution < 1.29 is 8.78 Å². The van der Waals surface area contributed by atoms with Crippen LogP contribution in [0.4, 0.5) is 8.78 Å². The highest BCUT2D eigenvalue weighted by Crippen LogP contribution is 2.19. The highest BCUT2D eigenvalue weighted by molar-refractivity contribution is 4.75. The van der Waals surface area contributed by atoms with E-state index in [0.29, 0.717) is 6.42 Å². The average molecular weight is 133 g/mol. The summed E-state index contributed by atoms with van der Waals surface area (Å²) in [5.41, 5.74) is 0. The Bertz CT molecular complexity index is 115. The minimum Gasteiger partial charge on any atom is -0.310 e. The molecule has 0 rings (SSSR count). The first-order valence-electron chi connectivity index (χ1n) is 2.83. The third-order valence-corrected chi connectivity index (χ3v) is 0.926. The number of hydrogen-bond donors (Lipinski definition) is 0. The molecule has 0 spiro atoms. The summed E-state index contributed by atoms with van der Waals surface area (Å²) in [7, 11) is 0. The molecule has 0 aromatic rings. The van der Waals surface area contributed by atoms with E-state index < -0.39 is 12.5 Å². The number of alkyl halides is 2. The van der Waals surface area contributed by atoms with Gasteiger partial charge in [0.05, 0.1) is 0 Å². The lowest BCUT2D eigenvalue weighted by molar-refractivity contribution is 0.00918. The third kappa shape index (κ3) is 3.89. The van der Waals surface area contributed by atoms with Crippen molar-refractivity contribution in [1.29, 1.82) is 0 Å². The maximum atomic E-state index is 12.2. The van der Waals surface area contributed by atoms with Crippen molar-refractivity contribution in [2.45, 2.75) is 25.7 Å². The normalized spacial score (nSPS) is 10.9. The van der Waals surface area contributed by atoms with Gasteiger partial charge in [0.2, 0.25) is 0 Å². The van der Waals surface area contributed by atoms with Crippen molar-refractivity contribution in [3.8, 4) is 0 Å². The van der Waals surface area contributed by atoms with Gasteiger partial charge in [0.15, 0.2) is 0 Å². The number of halogens is 2. The summed E-state index contributed by atoms with van der Waals surface area (Å²) in [6.45, 7) is 7.19. The summed E-state index contributed by atoms with van der Waals surface area (Å²) in [6.07, 6.45) is 0.262. The Hall–Kier alpha value is -0.650. The second-order valence-corrected chi connectivity index (χ2v) is 1.92. The van der Waals surface area contributed by atoms with Crippen LogP contribution in [-0.2, 0) is 0 Å². The molecule has 3 heteroatoms. The predicted molar refractivity (Wildman–Crippen MR) is 31.3 cm³/mol. The molecule has 0 aliphatic rings. The van der Waals surface area contributed by atoms with Crippen LogP contribution in [0.15, 0.2) is 0 Å². The topological polar surface area (TPSA) is 4.36 Å². The first-order chi connectivity index (χ1) is 4.12. The fourth-order valence-electron chi connectivity index (χ4n) is 0.560. The molecule has 0 saturated heterocycles. The fourth-order valence-corrected chi connectivity index (χ4v) is 0.560. The molecule has 0 atom stereocenters. The van der Waals surface area contributed by atoms with Crippen LogP contribution in [-0.4, -0.2) is 12.5 Å². The second-order valence-electron chi connectivity index (χ2n) is 1.92. The number of hydrogen-bond acceptors (Lipinski definition) is 0. The van der Waals surface area contributed by atoms with Crippen LogP contribution < -0.4 is 0 Å². The monoisotopic (exact) mass is 133 g/mol. The number of rotatable bonds is 3. The van der Waals surface area contributed by atoms with Crippen LogP contribution in [0.1, 0.15) is 19.8 Å². The van der Waals surface area contributed by atoms with E-state index in [0.717, 1.165) is 0 Å². The van der Waals surface area contributed by atoms with Gasteiger partial charge in [-0.3, -0.25) is 0 Å². The Morgan fingerprint density at radius 3 is 2.44 bits per heavy atom. The summed E-state index contributed by atoms with van der Waals surface area (Å²) in [5.74, 6) is -2.75. The van der Waals surface area contributed by atoms with E-state index in [2.05, 4.69) is 4.85 Å². The molecule has 0 fully saturated rings. The Morgan fingerprint density at radius 2 is 2.11 bits per heavy atom. The zero-order chi connectivity index (χ0) is 7.33. The second kappa shape index (κ2) is 3.39. The molecule has 0 unspecified atom stereocenters. The Balaban J connectivity index is 3.59. The minimum absolute atomic E-state index is 0.171. The van der Waals surface area contributed by atoms with Gasteiger partial charge in [-0.25, -0.2) is 6.57 Å². The highest BCUT2D eigenvalue weighted by atomic mass is 19.3. The van der Waals surface area contributed by atoms with Gasteiger partial charge in [-0.15, -0.1) is 0 Å². The lowest BCUT2D eigenvalue weighted by atomic mass is 10.2. The van der Waals surface area contributed by atoms with Gasteiger partial charge >= 0.3 is 5.92 Å². The van der Waals surface area contributed by atoms with Crippen molar-refractivity contribution in [3.05, 3.63) is 11.4 Å². The Labute approximate surface area is 53.5 Å². The van der Waals surface area contributed by atoms with Crippen LogP contribution >= 0.6 is 0 Å². The van der Waals surface area contributed by atoms with Crippen LogP contribution in [0, 0.1) is 6.57 Å². The number of nitrogens with zero attached hydrogens (tertiary/aromatic N) is 1. The summed E-state index contributed by atoms with van der Waals surface area (Å²) in [4.78, 5) is 2.63. The van der Waals surface area contributed by atoms with Gasteiger partial charge in [-0.2, -0.15) is 8.78 Å². The summed E-state index contributed by atoms with van der Waals surface area (Å²) >= 11 is 0. The molecule has 0 amide bonds. The maximum Gasteiger partial charge on any atom is 0.318 e. The zero-order valence-corrected chi connectivity index (χ0v) is 5.32. The highest BCUT2D eigenvalue weighted by Gasteiger charge is 2.30. The van der Waals surface area contributed by atoms with Crippen molar-refractivity contribution in [2.24, 2.45) is 0 Å². The van der Waals surface area contributed by atoms with E-state index >= 15 is 0 Å². The molecule has 0 N–H and O–H groups in total. The lowest BCUT2D eigenvalue weighted by Crippen LogP contribution is -2.18. The summed E-state index contributed by atoms with van der Waals surface area (Å²) in [5, 5.41) is 0. The quantitative estimate of drug-likeness (QED) is 0.520. The predicted octanol–water partition coefficient (Wildman–Crippen LogP) is 2.34. The molecule has 0 radical (unpaired) electrons. The molecule has 52 valence electrons. The molecule has 0 bridgehead atoms. The fraction of sp³-hybridized carbons (Fsp3) is 0.833. The van der Waals surface area contributed by atoms with E-state index in [1.165, 1.54) is 0 Å². The van der Waals surface area contributed by atoms with E-state index in [4.69, 9.17) is 6.57 Å². The largest absolute Gasteiger partial charge is 0.318 e. The molecular formula is C6H9F2N. The third-order valence-electron chi connectivity index (χ3n) is 0.926. The smallest absolute Gasteiger partial charge is 0.310 e. The van der Waals surface area contributed by atoms with Gasteiger partial charge in [0, 0.05) is 6.42 Å². The van der Waals surface area contributed by atoms with E-state index in [9.17, 15) is 8.78 Å². The molecule has 0 aliphatic carbocycles. The van der Waals surface area contributed by atoms with Gasteiger partial charge in [-0.05, 0) is 0 Å². The summed E-state index contributed by atoms with van der Waals surface area (Å²) < 4.78 is 24.4. The first-order valence-corrected chi connectivity index (χ1v) is 2.83. The van der Waals surface area contributed by atoms with Crippen LogP contribution in [0.2, 0.25) is 0 Å². The zero-order valence-electron chi connectivity index (χ0n) is 5.32. The van der Waals surface area contributed by atoms with Gasteiger partial charge in [-0.1, -0.05) is 13.3 Å². The van der Waals surface area contributed by atoms with Crippen LogP contribution in [0.25, 0.3) is 4.85 Å².